The van der Waals surface area contributed by atoms with E-state index in [1.165, 1.54) is 19.2 Å². The third kappa shape index (κ3) is 7.76. The maximum Gasteiger partial charge on any atom is 0.416 e. The lowest BCUT2D eigenvalue weighted by Crippen LogP contribution is -2.39. The number of hydrogen-bond donors (Lipinski definition) is 2. The lowest BCUT2D eigenvalue weighted by Gasteiger charge is -2.11. The van der Waals surface area contributed by atoms with Crippen LogP contribution in [-0.4, -0.2) is 32.3 Å². The summed E-state index contributed by atoms with van der Waals surface area (Å²) in [5.74, 6) is 5.24. The minimum Gasteiger partial charge on any atom is -0.356 e. The number of benzene rings is 1. The monoisotopic (exact) mass is 351 g/mol. The normalized spacial score (nSPS) is 12.4. The molecule has 1 aromatic carbocycles. The highest BCUT2D eigenvalue weighted by molar-refractivity contribution is 5.79. The third-order valence-corrected chi connectivity index (χ3v) is 2.69. The van der Waals surface area contributed by atoms with E-state index in [0.29, 0.717) is 0 Å². The molecular weight excluding hydrogens is 336 g/mol. The Hall–Kier alpha value is -2.37. The van der Waals surface area contributed by atoms with E-state index in [0.717, 1.165) is 12.1 Å². The Morgan fingerprint density at radius 3 is 2.42 bits per heavy atom. The molecule has 0 bridgehead atoms. The van der Waals surface area contributed by atoms with Gasteiger partial charge in [-0.2, -0.15) is 26.3 Å². The number of aliphatic imine (C=N–C) groups is 1. The van der Waals surface area contributed by atoms with E-state index in [9.17, 15) is 26.3 Å². The van der Waals surface area contributed by atoms with Gasteiger partial charge in [0.1, 0.15) is 0 Å². The lowest BCUT2D eigenvalue weighted by molar-refractivity contribution is -0.137. The average Bonchev–Trinajstić information content (AvgIpc) is 2.48. The second-order valence-electron chi connectivity index (χ2n) is 4.60. The second kappa shape index (κ2) is 8.47. The molecule has 9 heteroatoms. The number of nitrogens with one attached hydrogen (secondary N) is 2. The molecule has 0 aliphatic rings. The lowest BCUT2D eigenvalue weighted by atomic mass is 10.1. The van der Waals surface area contributed by atoms with Crippen LogP contribution in [0.15, 0.2) is 29.3 Å². The SMILES string of the molecule is CN=C(NCC#Cc1cccc(C(F)(F)F)c1)NCCC(F)(F)F. The average molecular weight is 351 g/mol. The molecule has 0 saturated carbocycles. The Bertz CT molecular complexity index is 623. The van der Waals surface area contributed by atoms with Crippen molar-refractivity contribution in [2.24, 2.45) is 4.99 Å². The summed E-state index contributed by atoms with van der Waals surface area (Å²) in [5, 5.41) is 5.10. The molecule has 0 aliphatic carbocycles. The van der Waals surface area contributed by atoms with Crippen LogP contribution in [0.1, 0.15) is 17.5 Å². The molecule has 0 spiro atoms. The molecular formula is C15H15F6N3. The second-order valence-corrected chi connectivity index (χ2v) is 4.60. The van der Waals surface area contributed by atoms with Gasteiger partial charge in [-0.15, -0.1) is 0 Å². The van der Waals surface area contributed by atoms with Crippen LogP contribution in [0.25, 0.3) is 0 Å². The van der Waals surface area contributed by atoms with Gasteiger partial charge in [-0.1, -0.05) is 17.9 Å². The Kier molecular flexibility index (Phi) is 6.95. The van der Waals surface area contributed by atoms with Crippen LogP contribution in [0.2, 0.25) is 0 Å². The quantitative estimate of drug-likeness (QED) is 0.380. The van der Waals surface area contributed by atoms with E-state index >= 15 is 0 Å². The zero-order valence-corrected chi connectivity index (χ0v) is 12.6. The molecule has 0 radical (unpaired) electrons. The van der Waals surface area contributed by atoms with Crippen molar-refractivity contribution < 1.29 is 26.3 Å². The topological polar surface area (TPSA) is 36.4 Å². The molecule has 0 atom stereocenters. The largest absolute Gasteiger partial charge is 0.416 e. The van der Waals surface area contributed by atoms with Crippen molar-refractivity contribution in [2.45, 2.75) is 18.8 Å². The van der Waals surface area contributed by atoms with Crippen LogP contribution < -0.4 is 10.6 Å². The van der Waals surface area contributed by atoms with E-state index in [2.05, 4.69) is 27.5 Å². The summed E-state index contributed by atoms with van der Waals surface area (Å²) in [5.41, 5.74) is -0.612. The predicted octanol–water partition coefficient (Wildman–Crippen LogP) is 3.17. The highest BCUT2D eigenvalue weighted by Crippen LogP contribution is 2.29. The number of alkyl halides is 6. The molecule has 1 rings (SSSR count). The van der Waals surface area contributed by atoms with Crippen molar-refractivity contribution >= 4 is 5.96 Å². The van der Waals surface area contributed by atoms with Gasteiger partial charge in [0.05, 0.1) is 18.5 Å². The first-order valence-corrected chi connectivity index (χ1v) is 6.79. The molecule has 24 heavy (non-hydrogen) atoms. The summed E-state index contributed by atoms with van der Waals surface area (Å²) >= 11 is 0. The highest BCUT2D eigenvalue weighted by Gasteiger charge is 2.30. The molecule has 0 aliphatic heterocycles. The Balaban J connectivity index is 2.51. The smallest absolute Gasteiger partial charge is 0.356 e. The van der Waals surface area contributed by atoms with Crippen molar-refractivity contribution in [3.8, 4) is 11.8 Å². The first-order valence-electron chi connectivity index (χ1n) is 6.79. The van der Waals surface area contributed by atoms with Crippen LogP contribution in [0.5, 0.6) is 0 Å². The van der Waals surface area contributed by atoms with Gasteiger partial charge < -0.3 is 10.6 Å². The fraction of sp³-hybridized carbons (Fsp3) is 0.400. The van der Waals surface area contributed by atoms with Gasteiger partial charge in [0.25, 0.3) is 0 Å². The summed E-state index contributed by atoms with van der Waals surface area (Å²) in [7, 11) is 1.38. The van der Waals surface area contributed by atoms with Gasteiger partial charge in [-0.05, 0) is 18.2 Å². The zero-order valence-electron chi connectivity index (χ0n) is 12.6. The van der Waals surface area contributed by atoms with Crippen LogP contribution in [0.3, 0.4) is 0 Å². The van der Waals surface area contributed by atoms with Gasteiger partial charge in [-0.25, -0.2) is 0 Å². The number of halogens is 6. The molecule has 0 aromatic heterocycles. The molecule has 1 aromatic rings. The molecule has 0 fully saturated rings. The number of rotatable bonds is 3. The van der Waals surface area contributed by atoms with Gasteiger partial charge >= 0.3 is 12.4 Å². The minimum atomic E-state index is -4.44. The van der Waals surface area contributed by atoms with Crippen LogP contribution in [0.4, 0.5) is 26.3 Å². The Morgan fingerprint density at radius 1 is 1.12 bits per heavy atom. The first-order chi connectivity index (χ1) is 11.1. The van der Waals surface area contributed by atoms with Crippen molar-refractivity contribution in [3.63, 3.8) is 0 Å². The van der Waals surface area contributed by atoms with Crippen molar-refractivity contribution in [3.05, 3.63) is 35.4 Å². The van der Waals surface area contributed by atoms with E-state index < -0.39 is 24.3 Å². The summed E-state index contributed by atoms with van der Waals surface area (Å²) in [4.78, 5) is 3.71. The maximum absolute atomic E-state index is 12.5. The summed E-state index contributed by atoms with van der Waals surface area (Å²) in [6.45, 7) is -0.327. The fourth-order valence-corrected chi connectivity index (χ4v) is 1.59. The molecule has 132 valence electrons. The highest BCUT2D eigenvalue weighted by atomic mass is 19.4. The summed E-state index contributed by atoms with van der Waals surface area (Å²) < 4.78 is 73.7. The molecule has 2 N–H and O–H groups in total. The first kappa shape index (κ1) is 19.7. The maximum atomic E-state index is 12.5. The summed E-state index contributed by atoms with van der Waals surface area (Å²) in [6.07, 6.45) is -9.72. The molecule has 0 heterocycles. The Labute approximate surface area is 135 Å². The Morgan fingerprint density at radius 2 is 1.83 bits per heavy atom. The van der Waals surface area contributed by atoms with E-state index in [4.69, 9.17) is 0 Å². The molecule has 0 saturated heterocycles. The van der Waals surface area contributed by atoms with Crippen molar-refractivity contribution in [1.29, 1.82) is 0 Å². The van der Waals surface area contributed by atoms with Crippen molar-refractivity contribution in [1.82, 2.24) is 10.6 Å². The molecule has 0 amide bonds. The van der Waals surface area contributed by atoms with Gasteiger partial charge in [-0.3, -0.25) is 4.99 Å². The van der Waals surface area contributed by atoms with Gasteiger partial charge in [0.2, 0.25) is 0 Å². The van der Waals surface area contributed by atoms with Gasteiger partial charge in [0.15, 0.2) is 5.96 Å². The summed E-state index contributed by atoms with van der Waals surface area (Å²) in [6, 6.07) is 4.54. The fourth-order valence-electron chi connectivity index (χ4n) is 1.59. The molecule has 3 nitrogen and oxygen atoms in total. The van der Waals surface area contributed by atoms with Crippen LogP contribution in [-0.2, 0) is 6.18 Å². The minimum absolute atomic E-state index is 0.0158. The van der Waals surface area contributed by atoms with E-state index in [1.54, 1.807) is 0 Å². The third-order valence-electron chi connectivity index (χ3n) is 2.69. The van der Waals surface area contributed by atoms with Crippen LogP contribution in [0, 0.1) is 11.8 Å². The number of nitrogens with zero attached hydrogens (tertiary/aromatic N) is 1. The molecule has 0 unspecified atom stereocenters. The van der Waals surface area contributed by atoms with E-state index in [1.807, 2.05) is 0 Å². The van der Waals surface area contributed by atoms with Crippen LogP contribution >= 0.6 is 0 Å². The van der Waals surface area contributed by atoms with Crippen molar-refractivity contribution in [2.75, 3.05) is 20.1 Å². The van der Waals surface area contributed by atoms with Gasteiger partial charge in [0, 0.05) is 19.2 Å². The standard InChI is InChI=1S/C15H15F6N3/c1-22-13(24-9-7-14(16,17)18)23-8-3-5-11-4-2-6-12(10-11)15(19,20)21/h2,4,6,10H,7-9H2,1H3,(H2,22,23,24). The predicted molar refractivity (Wildman–Crippen MR) is 78.4 cm³/mol. The van der Waals surface area contributed by atoms with E-state index in [-0.39, 0.29) is 24.6 Å². The number of hydrogen-bond acceptors (Lipinski definition) is 1. The number of guanidine groups is 1. The zero-order chi connectivity index (χ0) is 18.2.